The minimum atomic E-state index is -1.30. The van der Waals surface area contributed by atoms with Crippen LogP contribution < -0.4 is 33.2 Å². The number of carbonyl (C=O) groups is 4. The molecule has 42 heavy (non-hydrogen) atoms. The summed E-state index contributed by atoms with van der Waals surface area (Å²) in [6, 6.07) is 2.92. The van der Waals surface area contributed by atoms with Crippen molar-refractivity contribution in [3.05, 3.63) is 54.2 Å². The van der Waals surface area contributed by atoms with Gasteiger partial charge in [-0.1, -0.05) is 18.2 Å². The highest BCUT2D eigenvalue weighted by Gasteiger charge is 2.31. The molecule has 0 radical (unpaired) electrons. The molecule has 4 unspecified atom stereocenters. The van der Waals surface area contributed by atoms with E-state index in [1.807, 2.05) is 24.3 Å². The molecule has 2 aromatic heterocycles. The standard InChI is InChI=1S/C26H36N10O5S/c27-17(12-42)22(37)35-20(8-14-10-32-18-5-2-1-4-16(14)18)24(39)34-19(6-3-7-31-26(28)29)23(38)36-21(25(40)41)9-15-11-30-13-33-15/h1-2,4-5,10-11,13,17,19-21,32,42H,3,6-9,12,27H2,(H,30,33)(H,34,39)(H,35,37)(H,36,38)(H,40,41)(H4,28,29,31). The van der Waals surface area contributed by atoms with Crippen LogP contribution in [0.1, 0.15) is 24.1 Å². The van der Waals surface area contributed by atoms with Crippen molar-refractivity contribution in [3.63, 3.8) is 0 Å². The third-order valence-corrected chi connectivity index (χ3v) is 6.83. The van der Waals surface area contributed by atoms with Crippen molar-refractivity contribution < 1.29 is 24.3 Å². The smallest absolute Gasteiger partial charge is 0.326 e. The second-order valence-electron chi connectivity index (χ2n) is 9.60. The Balaban J connectivity index is 1.82. The second kappa shape index (κ2) is 15.4. The molecule has 3 rings (SSSR count). The molecule has 4 atom stereocenters. The van der Waals surface area contributed by atoms with Gasteiger partial charge in [-0.15, -0.1) is 0 Å². The van der Waals surface area contributed by atoms with Gasteiger partial charge in [-0.25, -0.2) is 9.78 Å². The Morgan fingerprint density at radius 2 is 1.67 bits per heavy atom. The molecular formula is C26H36N10O5S. The molecule has 0 aliphatic heterocycles. The van der Waals surface area contributed by atoms with E-state index in [9.17, 15) is 24.3 Å². The van der Waals surface area contributed by atoms with Crippen molar-refractivity contribution in [3.8, 4) is 0 Å². The van der Waals surface area contributed by atoms with Gasteiger partial charge in [0, 0.05) is 54.1 Å². The number of nitrogens with two attached hydrogens (primary N) is 3. The molecule has 16 heteroatoms. The number of imidazole rings is 1. The van der Waals surface area contributed by atoms with Crippen LogP contribution in [0.4, 0.5) is 0 Å². The van der Waals surface area contributed by atoms with Crippen molar-refractivity contribution in [2.24, 2.45) is 22.2 Å². The number of para-hydroxylation sites is 1. The zero-order valence-electron chi connectivity index (χ0n) is 22.7. The minimum Gasteiger partial charge on any atom is -0.480 e. The predicted molar refractivity (Wildman–Crippen MR) is 159 cm³/mol. The zero-order valence-corrected chi connectivity index (χ0v) is 23.6. The average Bonchev–Trinajstić information content (AvgIpc) is 3.63. The number of aliphatic imine (C=N–C) groups is 1. The van der Waals surface area contributed by atoms with Crippen LogP contribution in [-0.2, 0) is 32.0 Å². The van der Waals surface area contributed by atoms with Gasteiger partial charge in [-0.2, -0.15) is 12.6 Å². The number of carboxylic acids is 1. The number of hydrogen-bond acceptors (Lipinski definition) is 8. The molecule has 0 fully saturated rings. The van der Waals surface area contributed by atoms with Crippen LogP contribution in [0, 0.1) is 0 Å². The van der Waals surface area contributed by atoms with Gasteiger partial charge in [0.25, 0.3) is 0 Å². The van der Waals surface area contributed by atoms with E-state index in [-0.39, 0.29) is 37.5 Å². The fraction of sp³-hybridized carbons (Fsp3) is 0.385. The van der Waals surface area contributed by atoms with E-state index in [2.05, 4.69) is 48.5 Å². The van der Waals surface area contributed by atoms with Gasteiger partial charge in [0.1, 0.15) is 18.1 Å². The van der Waals surface area contributed by atoms with E-state index in [1.54, 1.807) is 6.20 Å². The molecule has 0 aliphatic rings. The minimum absolute atomic E-state index is 0.0516. The van der Waals surface area contributed by atoms with Crippen LogP contribution in [0.25, 0.3) is 10.9 Å². The van der Waals surface area contributed by atoms with Gasteiger partial charge in [-0.05, 0) is 24.5 Å². The number of benzene rings is 1. The van der Waals surface area contributed by atoms with Crippen LogP contribution in [0.3, 0.4) is 0 Å². The summed E-state index contributed by atoms with van der Waals surface area (Å²) in [6.45, 7) is 0.171. The number of hydrogen-bond donors (Lipinski definition) is 10. The number of carboxylic acid groups (broad SMARTS) is 1. The molecule has 2 heterocycles. The SMILES string of the molecule is NC(N)=NCCCC(NC(=O)C(Cc1c[nH]c2ccccc12)NC(=O)C(N)CS)C(=O)NC(Cc1cnc[nH]1)C(=O)O. The fourth-order valence-electron chi connectivity index (χ4n) is 4.22. The number of aromatic nitrogens is 3. The number of aliphatic carboxylic acids is 1. The molecule has 0 spiro atoms. The van der Waals surface area contributed by atoms with Crippen LogP contribution >= 0.6 is 12.6 Å². The monoisotopic (exact) mass is 600 g/mol. The first kappa shape index (κ1) is 32.0. The summed E-state index contributed by atoms with van der Waals surface area (Å²) in [7, 11) is 0. The number of thiol groups is 1. The number of amides is 3. The van der Waals surface area contributed by atoms with E-state index >= 15 is 0 Å². The van der Waals surface area contributed by atoms with Crippen molar-refractivity contribution in [1.82, 2.24) is 30.9 Å². The van der Waals surface area contributed by atoms with Crippen molar-refractivity contribution in [1.29, 1.82) is 0 Å². The highest BCUT2D eigenvalue weighted by Crippen LogP contribution is 2.19. The quantitative estimate of drug-likeness (QED) is 0.0397. The Morgan fingerprint density at radius 3 is 2.33 bits per heavy atom. The summed E-state index contributed by atoms with van der Waals surface area (Å²) in [5, 5.41) is 18.4. The molecular weight excluding hydrogens is 564 g/mol. The molecule has 0 saturated carbocycles. The lowest BCUT2D eigenvalue weighted by Crippen LogP contribution is -2.58. The first-order valence-electron chi connectivity index (χ1n) is 13.2. The number of H-pyrrole nitrogens is 2. The van der Waals surface area contributed by atoms with E-state index < -0.39 is 47.9 Å². The maximum Gasteiger partial charge on any atom is 0.326 e. The number of carbonyl (C=O) groups excluding carboxylic acids is 3. The largest absolute Gasteiger partial charge is 0.480 e. The molecule has 1 aromatic carbocycles. The molecule has 3 amide bonds. The van der Waals surface area contributed by atoms with E-state index in [0.717, 1.165) is 16.5 Å². The Labute approximate surface area is 246 Å². The number of nitrogens with zero attached hydrogens (tertiary/aromatic N) is 2. The summed E-state index contributed by atoms with van der Waals surface area (Å²) in [4.78, 5) is 65.2. The van der Waals surface area contributed by atoms with Gasteiger partial charge >= 0.3 is 5.97 Å². The maximum absolute atomic E-state index is 13.6. The van der Waals surface area contributed by atoms with E-state index in [4.69, 9.17) is 17.2 Å². The Bertz CT molecular complexity index is 1390. The molecule has 3 aromatic rings. The summed E-state index contributed by atoms with van der Waals surface area (Å²) < 4.78 is 0. The second-order valence-corrected chi connectivity index (χ2v) is 9.97. The van der Waals surface area contributed by atoms with Crippen LogP contribution in [0.15, 0.2) is 48.0 Å². The number of aromatic amines is 2. The molecule has 0 aliphatic carbocycles. The van der Waals surface area contributed by atoms with Gasteiger partial charge in [0.2, 0.25) is 17.7 Å². The predicted octanol–water partition coefficient (Wildman–Crippen LogP) is -1.47. The fourth-order valence-corrected chi connectivity index (χ4v) is 4.39. The molecule has 0 bridgehead atoms. The zero-order chi connectivity index (χ0) is 30.6. The van der Waals surface area contributed by atoms with E-state index in [0.29, 0.717) is 12.1 Å². The molecule has 15 nitrogen and oxygen atoms in total. The topological polar surface area (TPSA) is 259 Å². The number of rotatable bonds is 16. The van der Waals surface area contributed by atoms with Crippen molar-refractivity contribution in [2.45, 2.75) is 49.9 Å². The highest BCUT2D eigenvalue weighted by molar-refractivity contribution is 7.80. The van der Waals surface area contributed by atoms with E-state index in [1.165, 1.54) is 12.5 Å². The highest BCUT2D eigenvalue weighted by atomic mass is 32.1. The summed E-state index contributed by atoms with van der Waals surface area (Å²) in [5.74, 6) is -3.34. The number of nitrogens with one attached hydrogen (secondary N) is 5. The van der Waals surface area contributed by atoms with Gasteiger partial charge in [0.15, 0.2) is 5.96 Å². The summed E-state index contributed by atoms with van der Waals surface area (Å²) >= 11 is 4.06. The van der Waals surface area contributed by atoms with Crippen LogP contribution in [0.5, 0.6) is 0 Å². The van der Waals surface area contributed by atoms with Crippen molar-refractivity contribution >= 4 is 53.2 Å². The average molecular weight is 601 g/mol. The Morgan fingerprint density at radius 1 is 0.976 bits per heavy atom. The first-order valence-corrected chi connectivity index (χ1v) is 13.8. The van der Waals surface area contributed by atoms with Gasteiger partial charge < -0.3 is 48.2 Å². The van der Waals surface area contributed by atoms with Crippen LogP contribution in [-0.4, -0.2) is 86.2 Å². The summed E-state index contributed by atoms with van der Waals surface area (Å²) in [6.07, 6.45) is 4.97. The Kier molecular flexibility index (Phi) is 11.7. The van der Waals surface area contributed by atoms with Crippen LogP contribution in [0.2, 0.25) is 0 Å². The third kappa shape index (κ3) is 9.24. The third-order valence-electron chi connectivity index (χ3n) is 6.44. The molecule has 12 N–H and O–H groups in total. The molecule has 0 saturated heterocycles. The maximum atomic E-state index is 13.6. The first-order chi connectivity index (χ1) is 20.1. The Hall–Kier alpha value is -4.57. The van der Waals surface area contributed by atoms with Gasteiger partial charge in [-0.3, -0.25) is 19.4 Å². The lowest BCUT2D eigenvalue weighted by Gasteiger charge is -2.25. The van der Waals surface area contributed by atoms with Crippen molar-refractivity contribution in [2.75, 3.05) is 12.3 Å². The molecule has 226 valence electrons. The lowest BCUT2D eigenvalue weighted by molar-refractivity contribution is -0.142. The normalized spacial score (nSPS) is 13.9. The number of fused-ring (bicyclic) bond motifs is 1. The van der Waals surface area contributed by atoms with Gasteiger partial charge in [0.05, 0.1) is 12.4 Å². The lowest BCUT2D eigenvalue weighted by atomic mass is 10.0. The summed E-state index contributed by atoms with van der Waals surface area (Å²) in [5.41, 5.74) is 18.7. The number of guanidine groups is 1.